The molecular formula is C4H9N5O. The average Bonchev–Trinajstić information content (AvgIpc) is 2.34. The van der Waals surface area contributed by atoms with E-state index in [9.17, 15) is 4.79 Å². The first-order valence-electron chi connectivity index (χ1n) is 2.91. The monoisotopic (exact) mass is 143 g/mol. The second-order valence-corrected chi connectivity index (χ2v) is 1.78. The van der Waals surface area contributed by atoms with Crippen LogP contribution < -0.4 is 16.5 Å². The molecule has 0 unspecified atom stereocenters. The van der Waals surface area contributed by atoms with E-state index in [4.69, 9.17) is 5.84 Å². The number of hydrogen-bond donors (Lipinski definition) is 3. The third-order valence-corrected chi connectivity index (χ3v) is 1.10. The van der Waals surface area contributed by atoms with Crippen LogP contribution in [0.1, 0.15) is 6.92 Å². The molecule has 0 aliphatic rings. The standard InChI is InChI=1S/C4H9N5O/c1-2-9(5)3-6-4(10)8-7-3/h2,5H2,1H3,(H2,6,7,8,10). The molecule has 4 N–H and O–H groups in total. The number of rotatable bonds is 2. The lowest BCUT2D eigenvalue weighted by Crippen LogP contribution is -2.31. The zero-order valence-corrected chi connectivity index (χ0v) is 5.59. The van der Waals surface area contributed by atoms with Crippen molar-refractivity contribution < 1.29 is 0 Å². The molecule has 0 spiro atoms. The maximum Gasteiger partial charge on any atom is 0.362 e. The summed E-state index contributed by atoms with van der Waals surface area (Å²) in [7, 11) is 0. The van der Waals surface area contributed by atoms with Crippen molar-refractivity contribution in [2.24, 2.45) is 5.84 Å². The molecule has 1 aromatic heterocycles. The van der Waals surface area contributed by atoms with Gasteiger partial charge in [-0.3, -0.25) is 10.1 Å². The highest BCUT2D eigenvalue weighted by Crippen LogP contribution is 1.92. The summed E-state index contributed by atoms with van der Waals surface area (Å²) in [5.74, 6) is 5.74. The molecule has 0 atom stereocenters. The summed E-state index contributed by atoms with van der Waals surface area (Å²) in [6.07, 6.45) is 0. The number of nitrogens with zero attached hydrogens (tertiary/aromatic N) is 2. The predicted molar refractivity (Wildman–Crippen MR) is 36.4 cm³/mol. The molecule has 0 saturated heterocycles. The maximum atomic E-state index is 10.4. The highest BCUT2D eigenvalue weighted by atomic mass is 16.1. The number of hydrogen-bond acceptors (Lipinski definition) is 4. The highest BCUT2D eigenvalue weighted by molar-refractivity contribution is 5.22. The van der Waals surface area contributed by atoms with E-state index in [1.807, 2.05) is 6.92 Å². The fourth-order valence-electron chi connectivity index (χ4n) is 0.547. The van der Waals surface area contributed by atoms with Gasteiger partial charge in [0.1, 0.15) is 0 Å². The largest absolute Gasteiger partial charge is 0.362 e. The van der Waals surface area contributed by atoms with Gasteiger partial charge in [0.05, 0.1) is 0 Å². The molecule has 6 heteroatoms. The Morgan fingerprint density at radius 2 is 2.40 bits per heavy atom. The van der Waals surface area contributed by atoms with E-state index in [2.05, 4.69) is 15.2 Å². The number of aromatic amines is 2. The number of nitrogens with one attached hydrogen (secondary N) is 2. The Kier molecular flexibility index (Phi) is 1.72. The van der Waals surface area contributed by atoms with Gasteiger partial charge in [-0.15, -0.1) is 0 Å². The first-order chi connectivity index (χ1) is 4.74. The molecule has 1 rings (SSSR count). The van der Waals surface area contributed by atoms with Crippen molar-refractivity contribution in [2.75, 3.05) is 11.6 Å². The van der Waals surface area contributed by atoms with Crippen molar-refractivity contribution >= 4 is 5.95 Å². The van der Waals surface area contributed by atoms with E-state index in [-0.39, 0.29) is 0 Å². The SMILES string of the molecule is CCN(N)c1nc(=O)[nH][nH]1. The first kappa shape index (κ1) is 6.81. The zero-order valence-electron chi connectivity index (χ0n) is 5.59. The third kappa shape index (κ3) is 1.16. The minimum Gasteiger partial charge on any atom is -0.279 e. The van der Waals surface area contributed by atoms with Crippen molar-refractivity contribution in [2.45, 2.75) is 6.92 Å². The number of H-pyrrole nitrogens is 2. The van der Waals surface area contributed by atoms with Gasteiger partial charge in [-0.2, -0.15) is 4.98 Å². The number of aromatic nitrogens is 3. The Labute approximate surface area is 57.0 Å². The molecule has 0 aromatic carbocycles. The fourth-order valence-corrected chi connectivity index (χ4v) is 0.547. The van der Waals surface area contributed by atoms with Gasteiger partial charge in [0.15, 0.2) is 0 Å². The molecule has 0 aliphatic carbocycles. The molecule has 56 valence electrons. The van der Waals surface area contributed by atoms with Crippen molar-refractivity contribution in [3.05, 3.63) is 10.5 Å². The smallest absolute Gasteiger partial charge is 0.279 e. The van der Waals surface area contributed by atoms with E-state index in [0.717, 1.165) is 0 Å². The lowest BCUT2D eigenvalue weighted by molar-refractivity contribution is 0.843. The van der Waals surface area contributed by atoms with Gasteiger partial charge >= 0.3 is 5.69 Å². The fraction of sp³-hybridized carbons (Fsp3) is 0.500. The van der Waals surface area contributed by atoms with E-state index < -0.39 is 5.69 Å². The molecule has 0 saturated carbocycles. The summed E-state index contributed by atoms with van der Waals surface area (Å²) in [6, 6.07) is 0. The van der Waals surface area contributed by atoms with Crippen molar-refractivity contribution in [3.8, 4) is 0 Å². The van der Waals surface area contributed by atoms with Crippen LogP contribution in [-0.4, -0.2) is 21.7 Å². The normalized spacial score (nSPS) is 9.80. The van der Waals surface area contributed by atoms with Crippen LogP contribution in [0, 0.1) is 0 Å². The summed E-state index contributed by atoms with van der Waals surface area (Å²) >= 11 is 0. The van der Waals surface area contributed by atoms with Gasteiger partial charge < -0.3 is 0 Å². The van der Waals surface area contributed by atoms with Crippen LogP contribution in [0.15, 0.2) is 4.79 Å². The quantitative estimate of drug-likeness (QED) is 0.358. The summed E-state index contributed by atoms with van der Waals surface area (Å²) in [5, 5.41) is 6.11. The van der Waals surface area contributed by atoms with Crippen LogP contribution in [0.4, 0.5) is 5.95 Å². The van der Waals surface area contributed by atoms with E-state index >= 15 is 0 Å². The van der Waals surface area contributed by atoms with Crippen LogP contribution in [0.2, 0.25) is 0 Å². The number of nitrogens with two attached hydrogens (primary N) is 1. The Hall–Kier alpha value is -1.30. The Morgan fingerprint density at radius 1 is 1.70 bits per heavy atom. The van der Waals surface area contributed by atoms with Crippen LogP contribution in [0.3, 0.4) is 0 Å². The van der Waals surface area contributed by atoms with Crippen molar-refractivity contribution in [3.63, 3.8) is 0 Å². The Morgan fingerprint density at radius 3 is 2.80 bits per heavy atom. The molecule has 0 amide bonds. The summed E-state index contributed by atoms with van der Waals surface area (Å²) in [4.78, 5) is 13.9. The summed E-state index contributed by atoms with van der Waals surface area (Å²) in [6.45, 7) is 2.45. The third-order valence-electron chi connectivity index (χ3n) is 1.10. The van der Waals surface area contributed by atoms with Gasteiger partial charge in [0.2, 0.25) is 5.95 Å². The second kappa shape index (κ2) is 2.53. The Balaban J connectivity index is 2.84. The lowest BCUT2D eigenvalue weighted by Gasteiger charge is -2.09. The van der Waals surface area contributed by atoms with Gasteiger partial charge in [-0.05, 0) is 6.92 Å². The molecule has 6 nitrogen and oxygen atoms in total. The average molecular weight is 143 g/mol. The Bertz CT molecular complexity index is 250. The van der Waals surface area contributed by atoms with Crippen LogP contribution in [0.5, 0.6) is 0 Å². The topological polar surface area (TPSA) is 90.8 Å². The lowest BCUT2D eigenvalue weighted by atomic mass is 10.7. The van der Waals surface area contributed by atoms with Gasteiger partial charge in [0.25, 0.3) is 0 Å². The van der Waals surface area contributed by atoms with E-state index in [1.54, 1.807) is 0 Å². The zero-order chi connectivity index (χ0) is 7.56. The molecule has 1 aromatic rings. The van der Waals surface area contributed by atoms with Gasteiger partial charge in [-0.25, -0.2) is 15.7 Å². The molecule has 10 heavy (non-hydrogen) atoms. The second-order valence-electron chi connectivity index (χ2n) is 1.78. The molecule has 0 bridgehead atoms. The van der Waals surface area contributed by atoms with Crippen LogP contribution in [0.25, 0.3) is 0 Å². The molecule has 1 heterocycles. The van der Waals surface area contributed by atoms with Gasteiger partial charge in [0, 0.05) is 6.54 Å². The summed E-state index contributed by atoms with van der Waals surface area (Å²) < 4.78 is 0. The maximum absolute atomic E-state index is 10.4. The molecular weight excluding hydrogens is 134 g/mol. The van der Waals surface area contributed by atoms with Crippen molar-refractivity contribution in [1.82, 2.24) is 15.2 Å². The number of hydrazine groups is 1. The minimum atomic E-state index is -0.418. The molecule has 0 radical (unpaired) electrons. The predicted octanol–water partition coefficient (Wildman–Crippen LogP) is -1.20. The summed E-state index contributed by atoms with van der Waals surface area (Å²) in [5.41, 5.74) is -0.418. The van der Waals surface area contributed by atoms with E-state index in [1.165, 1.54) is 5.01 Å². The van der Waals surface area contributed by atoms with Gasteiger partial charge in [-0.1, -0.05) is 0 Å². The van der Waals surface area contributed by atoms with Crippen LogP contribution in [-0.2, 0) is 0 Å². The number of anilines is 1. The van der Waals surface area contributed by atoms with Crippen molar-refractivity contribution in [1.29, 1.82) is 0 Å². The molecule has 0 aliphatic heterocycles. The van der Waals surface area contributed by atoms with E-state index in [0.29, 0.717) is 12.5 Å². The first-order valence-corrected chi connectivity index (χ1v) is 2.91. The highest BCUT2D eigenvalue weighted by Gasteiger charge is 2.00. The minimum absolute atomic E-state index is 0.354. The van der Waals surface area contributed by atoms with Crippen LogP contribution >= 0.6 is 0 Å². The molecule has 0 fully saturated rings.